The van der Waals surface area contributed by atoms with E-state index in [4.69, 9.17) is 5.73 Å². The standard InChI is InChI=1S/C37H52N4O6S/c1-26(2)23-25-40-34(42)31(48(46,47)30-21-19-29(38)20-22-30)18-12-13-24-39-35(43)33(41(36(44)45)37(3,4)5)32(27-14-8-6-9-15-27)28-16-10-7-11-17-28/h6-11,14-17,19-22,26,31-34,40,42H,12-13,18,23-25,38H2,1-5H3,(H,39,43)(H,44,45)/t31-,33-,34?/m0/s1. The monoisotopic (exact) mass is 680 g/mol. The number of sulfone groups is 1. The second kappa shape index (κ2) is 17.5. The molecule has 11 heteroatoms. The van der Waals surface area contributed by atoms with Crippen LogP contribution in [0.25, 0.3) is 0 Å². The maximum Gasteiger partial charge on any atom is 0.408 e. The molecule has 0 aliphatic heterocycles. The predicted octanol–water partition coefficient (Wildman–Crippen LogP) is 5.63. The molecule has 6 N–H and O–H groups in total. The van der Waals surface area contributed by atoms with Crippen molar-refractivity contribution in [1.82, 2.24) is 15.5 Å². The maximum absolute atomic E-state index is 14.1. The Morgan fingerprint density at radius 1 is 0.833 bits per heavy atom. The van der Waals surface area contributed by atoms with E-state index < -0.39 is 50.8 Å². The van der Waals surface area contributed by atoms with E-state index in [-0.39, 0.29) is 17.9 Å². The number of hydrogen-bond acceptors (Lipinski definition) is 7. The van der Waals surface area contributed by atoms with Gasteiger partial charge in [0, 0.05) is 23.7 Å². The second-order valence-electron chi connectivity index (χ2n) is 13.6. The molecule has 3 rings (SSSR count). The topological polar surface area (TPSA) is 162 Å². The molecule has 0 aromatic heterocycles. The molecule has 2 amide bonds. The van der Waals surface area contributed by atoms with Gasteiger partial charge in [-0.1, -0.05) is 80.9 Å². The van der Waals surface area contributed by atoms with E-state index in [0.717, 1.165) is 17.5 Å². The van der Waals surface area contributed by atoms with Crippen LogP contribution in [0.15, 0.2) is 89.8 Å². The quantitative estimate of drug-likeness (QED) is 0.0696. The van der Waals surface area contributed by atoms with E-state index in [9.17, 15) is 28.2 Å². The van der Waals surface area contributed by atoms with Crippen molar-refractivity contribution in [3.05, 3.63) is 96.1 Å². The fourth-order valence-corrected chi connectivity index (χ4v) is 7.65. The Balaban J connectivity index is 1.82. The van der Waals surface area contributed by atoms with Gasteiger partial charge in [0.1, 0.15) is 17.5 Å². The first-order chi connectivity index (χ1) is 22.6. The van der Waals surface area contributed by atoms with Crippen molar-refractivity contribution in [2.75, 3.05) is 18.8 Å². The van der Waals surface area contributed by atoms with E-state index in [2.05, 4.69) is 24.5 Å². The number of hydrogen-bond donors (Lipinski definition) is 5. The summed E-state index contributed by atoms with van der Waals surface area (Å²) in [4.78, 5) is 28.2. The average molecular weight is 681 g/mol. The molecule has 3 atom stereocenters. The molecule has 0 spiro atoms. The van der Waals surface area contributed by atoms with Crippen molar-refractivity contribution >= 4 is 27.5 Å². The van der Waals surface area contributed by atoms with Gasteiger partial charge in [-0.05, 0) is 87.9 Å². The number of aliphatic hydroxyl groups excluding tert-OH is 1. The minimum atomic E-state index is -3.92. The minimum Gasteiger partial charge on any atom is -0.465 e. The number of unbranched alkanes of at least 4 members (excludes halogenated alkanes) is 1. The molecule has 3 aromatic carbocycles. The molecule has 10 nitrogen and oxygen atoms in total. The van der Waals surface area contributed by atoms with Gasteiger partial charge in [-0.2, -0.15) is 0 Å². The number of carbonyl (C=O) groups is 2. The third-order valence-electron chi connectivity index (χ3n) is 8.36. The van der Waals surface area contributed by atoms with Crippen molar-refractivity contribution in [3.8, 4) is 0 Å². The van der Waals surface area contributed by atoms with Crippen LogP contribution in [0.2, 0.25) is 0 Å². The lowest BCUT2D eigenvalue weighted by molar-refractivity contribution is -0.128. The van der Waals surface area contributed by atoms with Gasteiger partial charge in [-0.25, -0.2) is 13.2 Å². The first kappa shape index (κ1) is 38.5. The van der Waals surface area contributed by atoms with Crippen molar-refractivity contribution < 1.29 is 28.2 Å². The number of anilines is 1. The van der Waals surface area contributed by atoms with E-state index in [1.54, 1.807) is 20.8 Å². The molecule has 0 bridgehead atoms. The smallest absolute Gasteiger partial charge is 0.408 e. The molecule has 3 aromatic rings. The molecule has 1 unspecified atom stereocenters. The number of nitrogens with two attached hydrogens (primary N) is 1. The van der Waals surface area contributed by atoms with Gasteiger partial charge < -0.3 is 21.3 Å². The molecule has 0 aliphatic carbocycles. The van der Waals surface area contributed by atoms with E-state index in [1.807, 2.05) is 60.7 Å². The van der Waals surface area contributed by atoms with Crippen molar-refractivity contribution in [1.29, 1.82) is 0 Å². The molecule has 0 saturated heterocycles. The highest BCUT2D eigenvalue weighted by molar-refractivity contribution is 7.92. The number of benzene rings is 3. The predicted molar refractivity (Wildman–Crippen MR) is 190 cm³/mol. The van der Waals surface area contributed by atoms with Gasteiger partial charge >= 0.3 is 6.09 Å². The summed E-state index contributed by atoms with van der Waals surface area (Å²) in [7, 11) is -3.92. The number of nitrogens with zero attached hydrogens (tertiary/aromatic N) is 1. The zero-order valence-electron chi connectivity index (χ0n) is 28.7. The summed E-state index contributed by atoms with van der Waals surface area (Å²) in [6.45, 7) is 10.0. The Bertz CT molecular complexity index is 1500. The highest BCUT2D eigenvalue weighted by Gasteiger charge is 2.43. The van der Waals surface area contributed by atoms with Crippen molar-refractivity contribution in [3.63, 3.8) is 0 Å². The summed E-state index contributed by atoms with van der Waals surface area (Å²) in [6.07, 6.45) is -0.798. The van der Waals surface area contributed by atoms with Gasteiger partial charge in [0.05, 0.1) is 4.90 Å². The van der Waals surface area contributed by atoms with Gasteiger partial charge in [0.25, 0.3) is 0 Å². The lowest BCUT2D eigenvalue weighted by Gasteiger charge is -2.42. The first-order valence-electron chi connectivity index (χ1n) is 16.5. The number of carboxylic acid groups (broad SMARTS) is 1. The minimum absolute atomic E-state index is 0.0753. The lowest BCUT2D eigenvalue weighted by atomic mass is 9.82. The van der Waals surface area contributed by atoms with E-state index >= 15 is 0 Å². The number of rotatable bonds is 17. The van der Waals surface area contributed by atoms with Gasteiger partial charge in [-0.15, -0.1) is 0 Å². The van der Waals surface area contributed by atoms with E-state index in [0.29, 0.717) is 31.0 Å². The third-order valence-corrected chi connectivity index (χ3v) is 10.6. The Hall–Kier alpha value is -3.93. The number of carbonyl (C=O) groups excluding carboxylic acids is 1. The Morgan fingerprint density at radius 2 is 1.38 bits per heavy atom. The van der Waals surface area contributed by atoms with Crippen LogP contribution in [0.1, 0.15) is 77.3 Å². The molecule has 0 aliphatic rings. The number of nitrogen functional groups attached to an aromatic ring is 1. The van der Waals surface area contributed by atoms with Crippen molar-refractivity contribution in [2.24, 2.45) is 5.92 Å². The summed E-state index contributed by atoms with van der Waals surface area (Å²) in [5.74, 6) is -0.668. The SMILES string of the molecule is CC(C)CCNC(O)[C@H](CCCCNC(=O)[C@H](C(c1ccccc1)c1ccccc1)N(C(=O)O)C(C)(C)C)S(=O)(=O)c1ccc(N)cc1. The third kappa shape index (κ3) is 10.5. The maximum atomic E-state index is 14.1. The highest BCUT2D eigenvalue weighted by atomic mass is 32.2. The van der Waals surface area contributed by atoms with Crippen LogP contribution in [0.5, 0.6) is 0 Å². The Kier molecular flexibility index (Phi) is 14.0. The van der Waals surface area contributed by atoms with Crippen molar-refractivity contribution in [2.45, 2.75) is 94.2 Å². The Labute approximate surface area is 285 Å². The molecule has 0 saturated carbocycles. The molecular formula is C37H52N4O6S. The second-order valence-corrected chi connectivity index (χ2v) is 15.8. The van der Waals surface area contributed by atoms with Crippen LogP contribution in [0.3, 0.4) is 0 Å². The summed E-state index contributed by atoms with van der Waals surface area (Å²) >= 11 is 0. The normalized spacial score (nSPS) is 14.0. The van der Waals surface area contributed by atoms with Gasteiger partial charge in [-0.3, -0.25) is 15.0 Å². The molecule has 0 heterocycles. The van der Waals surface area contributed by atoms with Crippen LogP contribution in [0, 0.1) is 5.92 Å². The molecule has 0 radical (unpaired) electrons. The zero-order valence-corrected chi connectivity index (χ0v) is 29.5. The molecule has 0 fully saturated rings. The summed E-state index contributed by atoms with van der Waals surface area (Å²) < 4.78 is 27.3. The lowest BCUT2D eigenvalue weighted by Crippen LogP contribution is -2.59. The average Bonchev–Trinajstić information content (AvgIpc) is 3.02. The summed E-state index contributed by atoms with van der Waals surface area (Å²) in [5.41, 5.74) is 6.91. The zero-order chi connectivity index (χ0) is 35.5. The Morgan fingerprint density at radius 3 is 1.85 bits per heavy atom. The van der Waals surface area contributed by atoms with Crippen LogP contribution < -0.4 is 16.4 Å². The molecule has 262 valence electrons. The fraction of sp³-hybridized carbons (Fsp3) is 0.459. The van der Waals surface area contributed by atoms with Crippen LogP contribution in [-0.4, -0.2) is 71.7 Å². The van der Waals surface area contributed by atoms with Crippen LogP contribution in [0.4, 0.5) is 10.5 Å². The number of amides is 2. The van der Waals surface area contributed by atoms with Crippen LogP contribution >= 0.6 is 0 Å². The number of nitrogens with one attached hydrogen (secondary N) is 2. The van der Waals surface area contributed by atoms with Crippen LogP contribution in [-0.2, 0) is 14.6 Å². The van der Waals surface area contributed by atoms with E-state index in [1.165, 1.54) is 29.2 Å². The van der Waals surface area contributed by atoms with Gasteiger partial charge in [0.15, 0.2) is 9.84 Å². The first-order valence-corrected chi connectivity index (χ1v) is 18.1. The molecule has 48 heavy (non-hydrogen) atoms. The summed E-state index contributed by atoms with van der Waals surface area (Å²) in [5, 5.41) is 26.2. The highest BCUT2D eigenvalue weighted by Crippen LogP contribution is 2.34. The molecular weight excluding hydrogens is 628 g/mol. The van der Waals surface area contributed by atoms with Gasteiger partial charge in [0.2, 0.25) is 5.91 Å². The largest absolute Gasteiger partial charge is 0.465 e. The fourth-order valence-electron chi connectivity index (χ4n) is 5.87. The number of aliphatic hydroxyl groups is 1. The summed E-state index contributed by atoms with van der Waals surface area (Å²) in [6, 6.07) is 23.6.